The molecule has 1 aromatic heterocycles. The zero-order valence-electron chi connectivity index (χ0n) is 11.1. The van der Waals surface area contributed by atoms with Crippen molar-refractivity contribution < 1.29 is 0 Å². The van der Waals surface area contributed by atoms with Crippen molar-refractivity contribution in [1.82, 2.24) is 10.2 Å². The van der Waals surface area contributed by atoms with Gasteiger partial charge in [0.2, 0.25) is 0 Å². The summed E-state index contributed by atoms with van der Waals surface area (Å²) < 4.78 is 0. The number of hydrogen-bond donors (Lipinski definition) is 2. The fourth-order valence-corrected chi connectivity index (χ4v) is 1.75. The highest BCUT2D eigenvalue weighted by Gasteiger charge is 2.05. The number of hydrogen-bond acceptors (Lipinski definition) is 2. The van der Waals surface area contributed by atoms with E-state index in [1.807, 2.05) is 43.5 Å². The van der Waals surface area contributed by atoms with E-state index in [0.717, 1.165) is 29.1 Å². The van der Waals surface area contributed by atoms with Crippen LogP contribution in [0.15, 0.2) is 36.5 Å². The summed E-state index contributed by atoms with van der Waals surface area (Å²) >= 11 is 0. The zero-order chi connectivity index (χ0) is 13.7. The van der Waals surface area contributed by atoms with Crippen molar-refractivity contribution in [1.29, 1.82) is 0 Å². The van der Waals surface area contributed by atoms with Gasteiger partial charge < -0.3 is 5.32 Å². The minimum absolute atomic E-state index is 0.602. The average Bonchev–Trinajstić information content (AvgIpc) is 2.85. The van der Waals surface area contributed by atoms with E-state index in [4.69, 9.17) is 6.57 Å². The highest BCUT2D eigenvalue weighted by atomic mass is 15.1. The first-order valence-corrected chi connectivity index (χ1v) is 6.19. The molecule has 0 aliphatic heterocycles. The molecule has 2 rings (SSSR count). The molecule has 2 N–H and O–H groups in total. The molecule has 19 heavy (non-hydrogen) atoms. The van der Waals surface area contributed by atoms with Gasteiger partial charge in [-0.3, -0.25) is 5.10 Å². The van der Waals surface area contributed by atoms with Crippen LogP contribution in [0.5, 0.6) is 0 Å². The summed E-state index contributed by atoms with van der Waals surface area (Å²) in [5.74, 6) is 0. The Kier molecular flexibility index (Phi) is 3.99. The maximum atomic E-state index is 7.17. The monoisotopic (exact) mass is 252 g/mol. The number of anilines is 1. The van der Waals surface area contributed by atoms with E-state index in [2.05, 4.69) is 27.3 Å². The molecule has 0 unspecified atom stereocenters. The van der Waals surface area contributed by atoms with Crippen LogP contribution in [0.1, 0.15) is 19.0 Å². The first-order valence-electron chi connectivity index (χ1n) is 6.19. The highest BCUT2D eigenvalue weighted by molar-refractivity contribution is 5.72. The molecule has 96 valence electrons. The van der Waals surface area contributed by atoms with Gasteiger partial charge in [-0.1, -0.05) is 13.0 Å². The van der Waals surface area contributed by atoms with E-state index in [0.29, 0.717) is 5.69 Å². The average molecular weight is 252 g/mol. The molecule has 4 heteroatoms. The second-order valence-electron chi connectivity index (χ2n) is 4.27. The van der Waals surface area contributed by atoms with Crippen LogP contribution in [0.25, 0.3) is 16.1 Å². The highest BCUT2D eigenvalue weighted by Crippen LogP contribution is 2.28. The van der Waals surface area contributed by atoms with Gasteiger partial charge in [-0.2, -0.15) is 5.10 Å². The lowest BCUT2D eigenvalue weighted by atomic mass is 10.1. The van der Waals surface area contributed by atoms with E-state index >= 15 is 0 Å². The molecule has 0 aliphatic carbocycles. The topological polar surface area (TPSA) is 45.1 Å². The van der Waals surface area contributed by atoms with Crippen molar-refractivity contribution in [2.75, 3.05) is 5.32 Å². The molecule has 1 aromatic carbocycles. The summed E-state index contributed by atoms with van der Waals surface area (Å²) in [7, 11) is 0. The molecule has 4 nitrogen and oxygen atoms in total. The lowest BCUT2D eigenvalue weighted by Gasteiger charge is -2.05. The van der Waals surface area contributed by atoms with Crippen molar-refractivity contribution in [3.05, 3.63) is 53.7 Å². The van der Waals surface area contributed by atoms with E-state index in [-0.39, 0.29) is 0 Å². The third-order valence-corrected chi connectivity index (χ3v) is 2.65. The third-order valence-electron chi connectivity index (χ3n) is 2.65. The number of aromatic nitrogens is 2. The number of rotatable bonds is 4. The van der Waals surface area contributed by atoms with Gasteiger partial charge in [-0.25, -0.2) is 4.85 Å². The molecule has 0 aliphatic rings. The van der Waals surface area contributed by atoms with Gasteiger partial charge in [0.15, 0.2) is 5.69 Å². The summed E-state index contributed by atoms with van der Waals surface area (Å²) in [5, 5.41) is 10.3. The van der Waals surface area contributed by atoms with Crippen LogP contribution in [0.4, 0.5) is 11.4 Å². The van der Waals surface area contributed by atoms with Crippen molar-refractivity contribution in [3.63, 3.8) is 0 Å². The van der Waals surface area contributed by atoms with Crippen molar-refractivity contribution in [2.24, 2.45) is 0 Å². The van der Waals surface area contributed by atoms with Crippen molar-refractivity contribution in [2.45, 2.75) is 20.3 Å². The SMILES string of the molecule is [C-]#[N+]c1cc(N/C=C\CC)cc(-c2cc(C)[nH]n2)c1. The lowest BCUT2D eigenvalue weighted by Crippen LogP contribution is -1.88. The first-order chi connectivity index (χ1) is 9.22. The number of aryl methyl sites for hydroxylation is 1. The Hall–Kier alpha value is -2.54. The number of H-pyrrole nitrogens is 1. The Balaban J connectivity index is 2.36. The second kappa shape index (κ2) is 5.87. The Morgan fingerprint density at radius 3 is 2.84 bits per heavy atom. The third kappa shape index (κ3) is 3.23. The molecule has 0 bridgehead atoms. The van der Waals surface area contributed by atoms with Crippen LogP contribution in [0, 0.1) is 13.5 Å². The van der Waals surface area contributed by atoms with E-state index in [1.165, 1.54) is 0 Å². The maximum absolute atomic E-state index is 7.17. The maximum Gasteiger partial charge on any atom is 0.189 e. The minimum Gasteiger partial charge on any atom is -0.363 e. The smallest absolute Gasteiger partial charge is 0.189 e. The summed E-state index contributed by atoms with van der Waals surface area (Å²) in [6, 6.07) is 7.63. The Labute approximate surface area is 113 Å². The van der Waals surface area contributed by atoms with E-state index < -0.39 is 0 Å². The normalized spacial score (nSPS) is 10.6. The van der Waals surface area contributed by atoms with Gasteiger partial charge in [0.25, 0.3) is 0 Å². The number of aromatic amines is 1. The Morgan fingerprint density at radius 2 is 2.21 bits per heavy atom. The number of allylic oxidation sites excluding steroid dienone is 1. The molecule has 0 saturated carbocycles. The molecule has 0 radical (unpaired) electrons. The predicted molar refractivity (Wildman–Crippen MR) is 78.1 cm³/mol. The largest absolute Gasteiger partial charge is 0.363 e. The zero-order valence-corrected chi connectivity index (χ0v) is 11.1. The molecule has 0 fully saturated rings. The molecule has 0 atom stereocenters. The molecule has 0 saturated heterocycles. The van der Waals surface area contributed by atoms with Crippen LogP contribution < -0.4 is 5.32 Å². The van der Waals surface area contributed by atoms with E-state index in [1.54, 1.807) is 0 Å². The lowest BCUT2D eigenvalue weighted by molar-refractivity contribution is 1.05. The van der Waals surface area contributed by atoms with Crippen molar-refractivity contribution in [3.8, 4) is 11.3 Å². The number of nitrogens with zero attached hydrogens (tertiary/aromatic N) is 2. The molecule has 2 aromatic rings. The standard InChI is InChI=1S/C15H16N4/c1-4-5-6-17-14-9-12(8-13(10-14)16-3)15-7-11(2)18-19-15/h5-10,17H,4H2,1-2H3,(H,18,19)/b6-5-. The molecular weight excluding hydrogens is 236 g/mol. The number of benzene rings is 1. The summed E-state index contributed by atoms with van der Waals surface area (Å²) in [6.45, 7) is 11.2. The predicted octanol–water partition coefficient (Wildman–Crippen LogP) is 4.27. The summed E-state index contributed by atoms with van der Waals surface area (Å²) in [6.07, 6.45) is 4.90. The van der Waals surface area contributed by atoms with Gasteiger partial charge in [0.05, 0.1) is 12.3 Å². The van der Waals surface area contributed by atoms with Gasteiger partial charge in [-0.05, 0) is 49.4 Å². The minimum atomic E-state index is 0.602. The summed E-state index contributed by atoms with van der Waals surface area (Å²) in [5.41, 5.74) is 4.29. The van der Waals surface area contributed by atoms with Crippen molar-refractivity contribution >= 4 is 11.4 Å². The fourth-order valence-electron chi connectivity index (χ4n) is 1.75. The quantitative estimate of drug-likeness (QED) is 0.798. The van der Waals surface area contributed by atoms with Gasteiger partial charge in [-0.15, -0.1) is 0 Å². The van der Waals surface area contributed by atoms with Crippen LogP contribution in [0.2, 0.25) is 0 Å². The van der Waals surface area contributed by atoms with Crippen LogP contribution in [-0.2, 0) is 0 Å². The van der Waals surface area contributed by atoms with Gasteiger partial charge in [0, 0.05) is 11.4 Å². The van der Waals surface area contributed by atoms with E-state index in [9.17, 15) is 0 Å². The Morgan fingerprint density at radius 1 is 1.37 bits per heavy atom. The molecule has 0 spiro atoms. The molecule has 1 heterocycles. The molecular formula is C15H16N4. The van der Waals surface area contributed by atoms with Crippen LogP contribution in [0.3, 0.4) is 0 Å². The van der Waals surface area contributed by atoms with Crippen LogP contribution >= 0.6 is 0 Å². The summed E-state index contributed by atoms with van der Waals surface area (Å²) in [4.78, 5) is 3.50. The van der Waals surface area contributed by atoms with Crippen LogP contribution in [-0.4, -0.2) is 10.2 Å². The van der Waals surface area contributed by atoms with Gasteiger partial charge >= 0.3 is 0 Å². The molecule has 0 amide bonds. The first kappa shape index (κ1) is 12.9. The second-order valence-corrected chi connectivity index (χ2v) is 4.27. The number of nitrogens with one attached hydrogen (secondary N) is 2. The van der Waals surface area contributed by atoms with Gasteiger partial charge in [0.1, 0.15) is 0 Å². The fraction of sp³-hybridized carbons (Fsp3) is 0.200. The Bertz CT molecular complexity index is 632.